The third kappa shape index (κ3) is 2.37. The zero-order chi connectivity index (χ0) is 11.5. The van der Waals surface area contributed by atoms with Crippen LogP contribution in [0.5, 0.6) is 0 Å². The van der Waals surface area contributed by atoms with E-state index in [2.05, 4.69) is 9.97 Å². The largest absolute Gasteiger partial charge is 0.391 e. The lowest BCUT2D eigenvalue weighted by atomic mass is 10.2. The molecule has 1 aliphatic heterocycles. The van der Waals surface area contributed by atoms with Crippen LogP contribution in [0.15, 0.2) is 17.2 Å². The Morgan fingerprint density at radius 1 is 1.75 bits per heavy atom. The van der Waals surface area contributed by atoms with Gasteiger partial charge in [-0.2, -0.15) is 0 Å². The third-order valence-electron chi connectivity index (χ3n) is 2.37. The summed E-state index contributed by atoms with van der Waals surface area (Å²) in [6.45, 7) is 1.73. The lowest BCUT2D eigenvalue weighted by molar-refractivity contribution is 0.0844. The maximum absolute atomic E-state index is 11.1. The number of nitrogens with two attached hydrogens (primary N) is 1. The number of thiocarbonyl (C=S) groups is 1. The number of H-pyrrole nitrogens is 1. The van der Waals surface area contributed by atoms with E-state index < -0.39 is 0 Å². The molecule has 0 aliphatic carbocycles. The number of hydrogen-bond donors (Lipinski definition) is 2. The van der Waals surface area contributed by atoms with E-state index in [0.717, 1.165) is 0 Å². The van der Waals surface area contributed by atoms with Crippen LogP contribution in [0.4, 0.5) is 5.82 Å². The minimum atomic E-state index is -0.273. The standard InChI is InChI=1S/C9H12N4O2S/c10-9(16)6-4-13(1-2-15-6)7-3-8(14)12-5-11-7/h3,5-6H,1-2,4H2,(H2,10,16)(H,11,12,14). The second-order valence-corrected chi connectivity index (χ2v) is 3.95. The lowest BCUT2D eigenvalue weighted by Crippen LogP contribution is -2.48. The van der Waals surface area contributed by atoms with Gasteiger partial charge in [0.2, 0.25) is 0 Å². The van der Waals surface area contributed by atoms with Crippen LogP contribution in [0.1, 0.15) is 0 Å². The Hall–Kier alpha value is -1.47. The van der Waals surface area contributed by atoms with Gasteiger partial charge in [-0.1, -0.05) is 12.2 Å². The summed E-state index contributed by atoms with van der Waals surface area (Å²) in [7, 11) is 0. The van der Waals surface area contributed by atoms with E-state index in [1.54, 1.807) is 0 Å². The van der Waals surface area contributed by atoms with Crippen molar-refractivity contribution in [2.75, 3.05) is 24.6 Å². The molecule has 6 nitrogen and oxygen atoms in total. The molecule has 0 bridgehead atoms. The molecule has 1 fully saturated rings. The molecule has 1 aromatic heterocycles. The Kier molecular flexibility index (Phi) is 3.16. The van der Waals surface area contributed by atoms with Crippen LogP contribution < -0.4 is 16.2 Å². The molecule has 0 spiro atoms. The minimum absolute atomic E-state index is 0.177. The van der Waals surface area contributed by atoms with Gasteiger partial charge in [-0.15, -0.1) is 0 Å². The molecule has 2 rings (SSSR count). The quantitative estimate of drug-likeness (QED) is 0.662. The lowest BCUT2D eigenvalue weighted by Gasteiger charge is -2.32. The molecule has 86 valence electrons. The summed E-state index contributed by atoms with van der Waals surface area (Å²) >= 11 is 4.88. The van der Waals surface area contributed by atoms with Gasteiger partial charge in [-0.05, 0) is 0 Å². The van der Waals surface area contributed by atoms with Crippen LogP contribution in [0.25, 0.3) is 0 Å². The second kappa shape index (κ2) is 4.58. The average molecular weight is 240 g/mol. The molecule has 7 heteroatoms. The first-order valence-corrected chi connectivity index (χ1v) is 5.28. The van der Waals surface area contributed by atoms with Crippen LogP contribution in [0, 0.1) is 0 Å². The Labute approximate surface area is 97.4 Å². The molecule has 2 heterocycles. The van der Waals surface area contributed by atoms with Crippen LogP contribution in [0.2, 0.25) is 0 Å². The van der Waals surface area contributed by atoms with E-state index in [4.69, 9.17) is 22.7 Å². The van der Waals surface area contributed by atoms with Crippen LogP contribution in [-0.2, 0) is 4.74 Å². The smallest absolute Gasteiger partial charge is 0.252 e. The van der Waals surface area contributed by atoms with Crippen molar-refractivity contribution in [2.24, 2.45) is 5.73 Å². The number of rotatable bonds is 2. The summed E-state index contributed by atoms with van der Waals surface area (Å²) in [6, 6.07) is 1.45. The molecular weight excluding hydrogens is 228 g/mol. The van der Waals surface area contributed by atoms with Crippen LogP contribution >= 0.6 is 12.2 Å². The van der Waals surface area contributed by atoms with Crippen molar-refractivity contribution in [3.05, 3.63) is 22.7 Å². The van der Waals surface area contributed by atoms with Gasteiger partial charge in [0, 0.05) is 12.6 Å². The Morgan fingerprint density at radius 2 is 2.56 bits per heavy atom. The van der Waals surface area contributed by atoms with Crippen LogP contribution in [0.3, 0.4) is 0 Å². The summed E-state index contributed by atoms with van der Waals surface area (Å²) in [5.74, 6) is 0.619. The van der Waals surface area contributed by atoms with Crippen molar-refractivity contribution in [2.45, 2.75) is 6.10 Å². The number of aromatic nitrogens is 2. The van der Waals surface area contributed by atoms with E-state index in [9.17, 15) is 4.79 Å². The van der Waals surface area contributed by atoms with E-state index >= 15 is 0 Å². The molecular formula is C9H12N4O2S. The summed E-state index contributed by atoms with van der Waals surface area (Å²) in [6.07, 6.45) is 1.10. The molecule has 1 atom stereocenters. The van der Waals surface area contributed by atoms with Gasteiger partial charge < -0.3 is 20.4 Å². The maximum Gasteiger partial charge on any atom is 0.252 e. The monoisotopic (exact) mass is 240 g/mol. The van der Waals surface area contributed by atoms with Gasteiger partial charge in [0.1, 0.15) is 16.9 Å². The normalized spacial score (nSPS) is 20.8. The molecule has 1 saturated heterocycles. The fourth-order valence-electron chi connectivity index (χ4n) is 1.56. The predicted molar refractivity (Wildman–Crippen MR) is 63.6 cm³/mol. The summed E-state index contributed by atoms with van der Waals surface area (Å²) in [5.41, 5.74) is 5.35. The Morgan fingerprint density at radius 3 is 3.25 bits per heavy atom. The highest BCUT2D eigenvalue weighted by Crippen LogP contribution is 2.12. The van der Waals surface area contributed by atoms with E-state index in [1.807, 2.05) is 4.90 Å². The highest BCUT2D eigenvalue weighted by atomic mass is 32.1. The molecule has 0 radical (unpaired) electrons. The maximum atomic E-state index is 11.1. The molecule has 0 aromatic carbocycles. The molecule has 1 aliphatic rings. The van der Waals surface area contributed by atoms with Gasteiger partial charge in [0.05, 0.1) is 19.5 Å². The average Bonchev–Trinajstić information content (AvgIpc) is 2.29. The topological polar surface area (TPSA) is 84.2 Å². The summed E-state index contributed by atoms with van der Waals surface area (Å²) in [4.78, 5) is 20.0. The molecule has 16 heavy (non-hydrogen) atoms. The molecule has 1 unspecified atom stereocenters. The van der Waals surface area contributed by atoms with Crippen molar-refractivity contribution in [1.29, 1.82) is 0 Å². The number of morpholine rings is 1. The zero-order valence-corrected chi connectivity index (χ0v) is 9.37. The first-order valence-electron chi connectivity index (χ1n) is 4.87. The number of ether oxygens (including phenoxy) is 1. The highest BCUT2D eigenvalue weighted by Gasteiger charge is 2.23. The Bertz CT molecular complexity index is 447. The minimum Gasteiger partial charge on any atom is -0.391 e. The van der Waals surface area contributed by atoms with E-state index in [0.29, 0.717) is 30.5 Å². The highest BCUT2D eigenvalue weighted by molar-refractivity contribution is 7.80. The van der Waals surface area contributed by atoms with Crippen molar-refractivity contribution in [3.63, 3.8) is 0 Å². The molecule has 3 N–H and O–H groups in total. The molecule has 0 saturated carbocycles. The second-order valence-electron chi connectivity index (χ2n) is 3.48. The molecule has 1 aromatic rings. The van der Waals surface area contributed by atoms with Gasteiger partial charge in [-0.25, -0.2) is 4.98 Å². The number of nitrogens with zero attached hydrogens (tertiary/aromatic N) is 2. The van der Waals surface area contributed by atoms with Gasteiger partial charge in [0.25, 0.3) is 5.56 Å². The number of hydrogen-bond acceptors (Lipinski definition) is 5. The molecule has 0 amide bonds. The van der Waals surface area contributed by atoms with E-state index in [1.165, 1.54) is 12.4 Å². The Balaban J connectivity index is 2.15. The summed E-state index contributed by atoms with van der Waals surface area (Å²) in [5, 5.41) is 0. The zero-order valence-electron chi connectivity index (χ0n) is 8.55. The van der Waals surface area contributed by atoms with Gasteiger partial charge >= 0.3 is 0 Å². The SMILES string of the molecule is NC(=S)C1CN(c2cc(=O)[nH]cn2)CCO1. The van der Waals surface area contributed by atoms with Crippen molar-refractivity contribution in [3.8, 4) is 0 Å². The fraction of sp³-hybridized carbons (Fsp3) is 0.444. The fourth-order valence-corrected chi connectivity index (χ4v) is 1.70. The van der Waals surface area contributed by atoms with Gasteiger partial charge in [0.15, 0.2) is 0 Å². The van der Waals surface area contributed by atoms with Crippen LogP contribution in [-0.4, -0.2) is 40.8 Å². The van der Waals surface area contributed by atoms with Crippen molar-refractivity contribution >= 4 is 23.0 Å². The van der Waals surface area contributed by atoms with E-state index in [-0.39, 0.29) is 11.7 Å². The van der Waals surface area contributed by atoms with Gasteiger partial charge in [-0.3, -0.25) is 4.79 Å². The number of nitrogens with one attached hydrogen (secondary N) is 1. The summed E-state index contributed by atoms with van der Waals surface area (Å²) < 4.78 is 5.40. The first kappa shape index (κ1) is 11.0. The number of aromatic amines is 1. The number of anilines is 1. The van der Waals surface area contributed by atoms with Crippen molar-refractivity contribution < 1.29 is 4.74 Å². The first-order chi connectivity index (χ1) is 7.66. The van der Waals surface area contributed by atoms with Crippen molar-refractivity contribution in [1.82, 2.24) is 9.97 Å². The third-order valence-corrected chi connectivity index (χ3v) is 2.63. The predicted octanol–water partition coefficient (Wildman–Crippen LogP) is -0.739.